The van der Waals surface area contributed by atoms with Crippen molar-refractivity contribution in [3.63, 3.8) is 0 Å². The summed E-state index contributed by atoms with van der Waals surface area (Å²) in [5.41, 5.74) is 3.02. The zero-order valence-electron chi connectivity index (χ0n) is 9.84. The standard InChI is InChI=1S/C14H19BrO/c1-11(8-9-15)16-14-7-6-12-4-2-3-5-13(12)10-14/h6-7,10-11H,2-5,8-9H2,1H3. The van der Waals surface area contributed by atoms with Crippen molar-refractivity contribution in [1.82, 2.24) is 0 Å². The van der Waals surface area contributed by atoms with Crippen LogP contribution in [0.25, 0.3) is 0 Å². The van der Waals surface area contributed by atoms with E-state index in [1.165, 1.54) is 36.8 Å². The molecule has 0 saturated heterocycles. The maximum absolute atomic E-state index is 5.89. The normalized spacial score (nSPS) is 16.6. The molecule has 2 heteroatoms. The topological polar surface area (TPSA) is 9.23 Å². The SMILES string of the molecule is CC(CCBr)Oc1ccc2c(c1)CCCC2. The van der Waals surface area contributed by atoms with Crippen molar-refractivity contribution in [1.29, 1.82) is 0 Å². The number of benzene rings is 1. The monoisotopic (exact) mass is 282 g/mol. The Labute approximate surface area is 106 Å². The first-order valence-electron chi connectivity index (χ1n) is 6.14. The average Bonchev–Trinajstić information content (AvgIpc) is 2.29. The molecule has 0 bridgehead atoms. The fourth-order valence-corrected chi connectivity index (χ4v) is 2.87. The van der Waals surface area contributed by atoms with E-state index in [4.69, 9.17) is 4.74 Å². The van der Waals surface area contributed by atoms with Crippen LogP contribution in [0.5, 0.6) is 5.75 Å². The summed E-state index contributed by atoms with van der Waals surface area (Å²) in [5, 5.41) is 0.999. The van der Waals surface area contributed by atoms with E-state index in [2.05, 4.69) is 41.1 Å². The van der Waals surface area contributed by atoms with E-state index >= 15 is 0 Å². The second kappa shape index (κ2) is 5.72. The summed E-state index contributed by atoms with van der Waals surface area (Å²) < 4.78 is 5.89. The Morgan fingerprint density at radius 2 is 2.00 bits per heavy atom. The van der Waals surface area contributed by atoms with Crippen LogP contribution in [0, 0.1) is 0 Å². The summed E-state index contributed by atoms with van der Waals surface area (Å²) in [5.74, 6) is 1.04. The number of rotatable bonds is 4. The van der Waals surface area contributed by atoms with Crippen molar-refractivity contribution in [2.24, 2.45) is 0 Å². The molecule has 0 radical (unpaired) electrons. The number of alkyl halides is 1. The van der Waals surface area contributed by atoms with E-state index in [9.17, 15) is 0 Å². The Balaban J connectivity index is 2.05. The van der Waals surface area contributed by atoms with Gasteiger partial charge in [-0.3, -0.25) is 0 Å². The van der Waals surface area contributed by atoms with Gasteiger partial charge in [-0.25, -0.2) is 0 Å². The van der Waals surface area contributed by atoms with E-state index in [-0.39, 0.29) is 0 Å². The quantitative estimate of drug-likeness (QED) is 0.755. The summed E-state index contributed by atoms with van der Waals surface area (Å²) >= 11 is 3.44. The molecule has 1 nitrogen and oxygen atoms in total. The molecule has 1 atom stereocenters. The largest absolute Gasteiger partial charge is 0.491 e. The minimum Gasteiger partial charge on any atom is -0.491 e. The van der Waals surface area contributed by atoms with E-state index in [0.717, 1.165) is 17.5 Å². The first-order chi connectivity index (χ1) is 7.79. The number of hydrogen-bond donors (Lipinski definition) is 0. The van der Waals surface area contributed by atoms with Crippen LogP contribution < -0.4 is 4.74 Å². The molecule has 16 heavy (non-hydrogen) atoms. The summed E-state index contributed by atoms with van der Waals surface area (Å²) in [6, 6.07) is 6.60. The summed E-state index contributed by atoms with van der Waals surface area (Å²) in [6.45, 7) is 2.13. The molecule has 88 valence electrons. The molecule has 0 aromatic heterocycles. The fourth-order valence-electron chi connectivity index (χ4n) is 2.23. The average molecular weight is 283 g/mol. The molecular weight excluding hydrogens is 264 g/mol. The minimum absolute atomic E-state index is 0.293. The Hall–Kier alpha value is -0.500. The van der Waals surface area contributed by atoms with Gasteiger partial charge in [-0.1, -0.05) is 22.0 Å². The maximum atomic E-state index is 5.89. The Morgan fingerprint density at radius 1 is 1.25 bits per heavy atom. The molecule has 0 saturated carbocycles. The van der Waals surface area contributed by atoms with Gasteiger partial charge in [-0.05, 0) is 62.3 Å². The highest BCUT2D eigenvalue weighted by Gasteiger charge is 2.11. The maximum Gasteiger partial charge on any atom is 0.119 e. The number of ether oxygens (including phenoxy) is 1. The molecule has 1 aliphatic rings. The third-order valence-electron chi connectivity index (χ3n) is 3.17. The van der Waals surface area contributed by atoms with Gasteiger partial charge in [0, 0.05) is 5.33 Å². The van der Waals surface area contributed by atoms with Crippen molar-refractivity contribution < 1.29 is 4.74 Å². The van der Waals surface area contributed by atoms with Crippen LogP contribution in [-0.2, 0) is 12.8 Å². The lowest BCUT2D eigenvalue weighted by atomic mass is 9.92. The number of fused-ring (bicyclic) bond motifs is 1. The summed E-state index contributed by atoms with van der Waals surface area (Å²) in [4.78, 5) is 0. The van der Waals surface area contributed by atoms with E-state index < -0.39 is 0 Å². The minimum atomic E-state index is 0.293. The molecule has 0 spiro atoms. The number of aryl methyl sites for hydroxylation is 2. The molecule has 1 unspecified atom stereocenters. The highest BCUT2D eigenvalue weighted by atomic mass is 79.9. The van der Waals surface area contributed by atoms with Crippen LogP contribution in [0.4, 0.5) is 0 Å². The van der Waals surface area contributed by atoms with Crippen LogP contribution in [-0.4, -0.2) is 11.4 Å². The van der Waals surface area contributed by atoms with Gasteiger partial charge in [0.25, 0.3) is 0 Å². The molecule has 0 N–H and O–H groups in total. The molecule has 1 aromatic rings. The second-order valence-electron chi connectivity index (χ2n) is 4.54. The van der Waals surface area contributed by atoms with E-state index in [1.54, 1.807) is 0 Å². The molecule has 0 aliphatic heterocycles. The van der Waals surface area contributed by atoms with Gasteiger partial charge in [0.15, 0.2) is 0 Å². The van der Waals surface area contributed by atoms with Gasteiger partial charge in [0.05, 0.1) is 6.10 Å². The van der Waals surface area contributed by atoms with E-state index in [0.29, 0.717) is 6.10 Å². The van der Waals surface area contributed by atoms with Crippen molar-refractivity contribution in [3.05, 3.63) is 29.3 Å². The molecule has 0 fully saturated rings. The molecular formula is C14H19BrO. The molecule has 0 heterocycles. The van der Waals surface area contributed by atoms with Crippen LogP contribution in [0.15, 0.2) is 18.2 Å². The Morgan fingerprint density at radius 3 is 2.75 bits per heavy atom. The highest BCUT2D eigenvalue weighted by Crippen LogP contribution is 2.26. The summed E-state index contributed by atoms with van der Waals surface area (Å²) in [6.07, 6.45) is 6.48. The predicted octanol–water partition coefficient (Wildman–Crippen LogP) is 4.12. The summed E-state index contributed by atoms with van der Waals surface area (Å²) in [7, 11) is 0. The van der Waals surface area contributed by atoms with Crippen LogP contribution >= 0.6 is 15.9 Å². The lowest BCUT2D eigenvalue weighted by Gasteiger charge is -2.19. The zero-order valence-corrected chi connectivity index (χ0v) is 11.4. The van der Waals surface area contributed by atoms with Crippen molar-refractivity contribution in [2.75, 3.05) is 5.33 Å². The van der Waals surface area contributed by atoms with Gasteiger partial charge in [-0.15, -0.1) is 0 Å². The number of halogens is 1. The number of hydrogen-bond acceptors (Lipinski definition) is 1. The van der Waals surface area contributed by atoms with Gasteiger partial charge < -0.3 is 4.74 Å². The third-order valence-corrected chi connectivity index (χ3v) is 3.63. The van der Waals surface area contributed by atoms with Crippen molar-refractivity contribution >= 4 is 15.9 Å². The lowest BCUT2D eigenvalue weighted by Crippen LogP contribution is -2.12. The first kappa shape index (κ1) is 12.0. The fraction of sp³-hybridized carbons (Fsp3) is 0.571. The van der Waals surface area contributed by atoms with Crippen LogP contribution in [0.1, 0.15) is 37.3 Å². The first-order valence-corrected chi connectivity index (χ1v) is 7.26. The molecule has 0 amide bonds. The lowest BCUT2D eigenvalue weighted by molar-refractivity contribution is 0.219. The zero-order chi connectivity index (χ0) is 11.4. The molecule has 2 rings (SSSR count). The van der Waals surface area contributed by atoms with Crippen molar-refractivity contribution in [3.8, 4) is 5.75 Å². The van der Waals surface area contributed by atoms with Crippen LogP contribution in [0.3, 0.4) is 0 Å². The van der Waals surface area contributed by atoms with Gasteiger partial charge in [0.2, 0.25) is 0 Å². The van der Waals surface area contributed by atoms with Crippen molar-refractivity contribution in [2.45, 2.75) is 45.1 Å². The Kier molecular flexibility index (Phi) is 4.28. The molecule has 1 aromatic carbocycles. The second-order valence-corrected chi connectivity index (χ2v) is 5.34. The smallest absolute Gasteiger partial charge is 0.119 e. The van der Waals surface area contributed by atoms with E-state index in [1.807, 2.05) is 0 Å². The molecule has 1 aliphatic carbocycles. The Bertz CT molecular complexity index is 349. The predicted molar refractivity (Wildman–Crippen MR) is 71.6 cm³/mol. The highest BCUT2D eigenvalue weighted by molar-refractivity contribution is 9.09. The van der Waals surface area contributed by atoms with Gasteiger partial charge in [-0.2, -0.15) is 0 Å². The van der Waals surface area contributed by atoms with Crippen LogP contribution in [0.2, 0.25) is 0 Å². The van der Waals surface area contributed by atoms with Gasteiger partial charge in [0.1, 0.15) is 5.75 Å². The third kappa shape index (κ3) is 3.00. The van der Waals surface area contributed by atoms with Gasteiger partial charge >= 0.3 is 0 Å².